The van der Waals surface area contributed by atoms with Crippen molar-refractivity contribution >= 4 is 39.1 Å². The molecule has 1 amide bonds. The number of halogens is 1. The molecule has 0 bridgehead atoms. The van der Waals surface area contributed by atoms with Crippen LogP contribution in [0.2, 0.25) is 5.02 Å². The minimum Gasteiger partial charge on any atom is -0.356 e. The average Bonchev–Trinajstić information content (AvgIpc) is 3.11. The summed E-state index contributed by atoms with van der Waals surface area (Å²) in [7, 11) is 0. The molecule has 0 spiro atoms. The Hall–Kier alpha value is -2.18. The van der Waals surface area contributed by atoms with Gasteiger partial charge in [0.25, 0.3) is 5.56 Å². The lowest BCUT2D eigenvalue weighted by Crippen LogP contribution is -2.27. The van der Waals surface area contributed by atoms with Crippen molar-refractivity contribution in [3.63, 3.8) is 0 Å². The van der Waals surface area contributed by atoms with Crippen LogP contribution in [0.25, 0.3) is 10.2 Å². The summed E-state index contributed by atoms with van der Waals surface area (Å²) >= 11 is 7.55. The van der Waals surface area contributed by atoms with Crippen molar-refractivity contribution in [1.29, 1.82) is 0 Å². The molecule has 0 unspecified atom stereocenters. The van der Waals surface area contributed by atoms with Gasteiger partial charge in [-0.1, -0.05) is 44.5 Å². The molecular formula is C25H30ClN3O2S. The number of amides is 1. The van der Waals surface area contributed by atoms with Crippen LogP contribution in [0.5, 0.6) is 0 Å². The highest BCUT2D eigenvalue weighted by Gasteiger charge is 2.31. The highest BCUT2D eigenvalue weighted by molar-refractivity contribution is 7.18. The van der Waals surface area contributed by atoms with Gasteiger partial charge in [0.05, 0.1) is 5.39 Å². The fourth-order valence-corrected chi connectivity index (χ4v) is 5.85. The van der Waals surface area contributed by atoms with E-state index in [1.165, 1.54) is 10.4 Å². The molecule has 0 radical (unpaired) electrons. The van der Waals surface area contributed by atoms with Crippen LogP contribution >= 0.6 is 22.9 Å². The van der Waals surface area contributed by atoms with Crippen LogP contribution < -0.4 is 10.9 Å². The lowest BCUT2D eigenvalue weighted by molar-refractivity contribution is -0.121. The summed E-state index contributed by atoms with van der Waals surface area (Å²) in [4.78, 5) is 34.8. The molecule has 3 aromatic rings. The number of carbonyl (C=O) groups is 1. The summed E-state index contributed by atoms with van der Waals surface area (Å²) in [6, 6.07) is 7.62. The van der Waals surface area contributed by atoms with Gasteiger partial charge >= 0.3 is 0 Å². The van der Waals surface area contributed by atoms with Gasteiger partial charge in [-0.3, -0.25) is 9.59 Å². The molecule has 7 heteroatoms. The normalized spacial score (nSPS) is 16.2. The fraction of sp³-hybridized carbons (Fsp3) is 0.480. The molecule has 0 saturated heterocycles. The monoisotopic (exact) mass is 471 g/mol. The summed E-state index contributed by atoms with van der Waals surface area (Å²) in [6.07, 6.45) is 4.54. The number of thiophene rings is 1. The number of H-pyrrole nitrogens is 1. The van der Waals surface area contributed by atoms with Crippen LogP contribution in [-0.2, 0) is 30.5 Å². The van der Waals surface area contributed by atoms with Crippen molar-refractivity contribution in [1.82, 2.24) is 15.3 Å². The van der Waals surface area contributed by atoms with Crippen LogP contribution in [0.1, 0.15) is 55.4 Å². The van der Waals surface area contributed by atoms with Crippen molar-refractivity contribution in [3.8, 4) is 0 Å². The summed E-state index contributed by atoms with van der Waals surface area (Å²) in [6.45, 7) is 7.44. The zero-order valence-corrected chi connectivity index (χ0v) is 20.5. The SMILES string of the molecule is CC(C)(C)[C@H]1CCc2c(sc3nc(CCC(=O)NCCc4ccc(Cl)cc4)[nH]c(=O)c23)C1. The minimum atomic E-state index is -0.0696. The smallest absolute Gasteiger partial charge is 0.259 e. The zero-order valence-electron chi connectivity index (χ0n) is 18.9. The summed E-state index contributed by atoms with van der Waals surface area (Å²) in [5.74, 6) is 1.17. The molecule has 2 aromatic heterocycles. The number of hydrogen-bond donors (Lipinski definition) is 2. The van der Waals surface area contributed by atoms with Crippen LogP contribution in [-0.4, -0.2) is 22.4 Å². The maximum absolute atomic E-state index is 12.8. The third-order valence-electron chi connectivity index (χ3n) is 6.43. The van der Waals surface area contributed by atoms with Crippen molar-refractivity contribution in [2.75, 3.05) is 6.54 Å². The second-order valence-corrected chi connectivity index (χ2v) is 11.2. The topological polar surface area (TPSA) is 74.8 Å². The van der Waals surface area contributed by atoms with E-state index in [1.807, 2.05) is 24.3 Å². The number of aromatic nitrogens is 2. The molecule has 32 heavy (non-hydrogen) atoms. The van der Waals surface area contributed by atoms with Crippen LogP contribution in [0.15, 0.2) is 29.1 Å². The molecule has 1 aromatic carbocycles. The fourth-order valence-electron chi connectivity index (χ4n) is 4.40. The Morgan fingerprint density at radius 1 is 1.25 bits per heavy atom. The predicted octanol–water partition coefficient (Wildman–Crippen LogP) is 5.08. The van der Waals surface area contributed by atoms with E-state index in [1.54, 1.807) is 11.3 Å². The van der Waals surface area contributed by atoms with Gasteiger partial charge in [-0.05, 0) is 60.3 Å². The van der Waals surface area contributed by atoms with E-state index >= 15 is 0 Å². The Kier molecular flexibility index (Phi) is 6.72. The molecule has 0 fully saturated rings. The molecule has 1 aliphatic carbocycles. The van der Waals surface area contributed by atoms with Crippen LogP contribution in [0, 0.1) is 11.3 Å². The molecule has 0 aliphatic heterocycles. The molecular weight excluding hydrogens is 442 g/mol. The predicted molar refractivity (Wildman–Crippen MR) is 132 cm³/mol. The van der Waals surface area contributed by atoms with E-state index in [2.05, 4.69) is 31.1 Å². The van der Waals surface area contributed by atoms with E-state index < -0.39 is 0 Å². The van der Waals surface area contributed by atoms with Gasteiger partial charge in [0.2, 0.25) is 5.91 Å². The van der Waals surface area contributed by atoms with Crippen molar-refractivity contribution in [2.24, 2.45) is 11.3 Å². The van der Waals surface area contributed by atoms with E-state index in [0.717, 1.165) is 41.5 Å². The number of rotatable bonds is 6. The summed E-state index contributed by atoms with van der Waals surface area (Å²) in [5.41, 5.74) is 2.51. The van der Waals surface area contributed by atoms with Gasteiger partial charge < -0.3 is 10.3 Å². The number of aryl methyl sites for hydroxylation is 2. The second-order valence-electron chi connectivity index (χ2n) is 9.73. The van der Waals surface area contributed by atoms with E-state index in [4.69, 9.17) is 16.6 Å². The summed E-state index contributed by atoms with van der Waals surface area (Å²) < 4.78 is 0. The van der Waals surface area contributed by atoms with Crippen LogP contribution in [0.4, 0.5) is 0 Å². The standard InChI is InChI=1S/C25H30ClN3O2S/c1-25(2,3)16-6-9-18-19(14-16)32-24-22(18)23(31)28-20(29-24)10-11-21(30)27-13-12-15-4-7-17(26)8-5-15/h4-5,7-8,16H,6,9-14H2,1-3H3,(H,27,30)(H,28,29,31)/t16-/m0/s1. The molecule has 2 N–H and O–H groups in total. The second kappa shape index (κ2) is 9.36. The number of fused-ring (bicyclic) bond motifs is 3. The average molecular weight is 472 g/mol. The number of carbonyl (C=O) groups excluding carboxylic acids is 1. The molecule has 1 atom stereocenters. The Balaban J connectivity index is 1.37. The highest BCUT2D eigenvalue weighted by atomic mass is 35.5. The minimum absolute atomic E-state index is 0.0415. The van der Waals surface area contributed by atoms with E-state index in [0.29, 0.717) is 36.2 Å². The zero-order chi connectivity index (χ0) is 22.9. The third kappa shape index (κ3) is 5.24. The summed E-state index contributed by atoms with van der Waals surface area (Å²) in [5, 5.41) is 4.40. The van der Waals surface area contributed by atoms with E-state index in [9.17, 15) is 9.59 Å². The Morgan fingerprint density at radius 2 is 2.00 bits per heavy atom. The number of nitrogens with one attached hydrogen (secondary N) is 2. The van der Waals surface area contributed by atoms with E-state index in [-0.39, 0.29) is 16.9 Å². The first-order chi connectivity index (χ1) is 15.2. The Labute approximate surface area is 197 Å². The lowest BCUT2D eigenvalue weighted by Gasteiger charge is -2.33. The first-order valence-electron chi connectivity index (χ1n) is 11.3. The molecule has 2 heterocycles. The highest BCUT2D eigenvalue weighted by Crippen LogP contribution is 2.41. The molecule has 5 nitrogen and oxygen atoms in total. The Morgan fingerprint density at radius 3 is 2.72 bits per heavy atom. The molecule has 4 rings (SSSR count). The van der Waals surface area contributed by atoms with Gasteiger partial charge in [0.1, 0.15) is 10.7 Å². The maximum Gasteiger partial charge on any atom is 0.259 e. The number of benzene rings is 1. The lowest BCUT2D eigenvalue weighted by atomic mass is 9.72. The molecule has 1 aliphatic rings. The first kappa shape index (κ1) is 23.0. The molecule has 170 valence electrons. The van der Waals surface area contributed by atoms with Gasteiger partial charge in [0, 0.05) is 29.3 Å². The Bertz CT molecular complexity index is 1170. The quantitative estimate of drug-likeness (QED) is 0.526. The largest absolute Gasteiger partial charge is 0.356 e. The van der Waals surface area contributed by atoms with Crippen molar-refractivity contribution < 1.29 is 4.79 Å². The van der Waals surface area contributed by atoms with Gasteiger partial charge in [-0.25, -0.2) is 4.98 Å². The van der Waals surface area contributed by atoms with Crippen LogP contribution in [0.3, 0.4) is 0 Å². The van der Waals surface area contributed by atoms with Gasteiger partial charge in [0.15, 0.2) is 0 Å². The molecule has 0 saturated carbocycles. The van der Waals surface area contributed by atoms with Crippen molar-refractivity contribution in [2.45, 2.75) is 59.3 Å². The number of nitrogens with zero attached hydrogens (tertiary/aromatic N) is 1. The number of aromatic amines is 1. The van der Waals surface area contributed by atoms with Gasteiger partial charge in [-0.15, -0.1) is 11.3 Å². The number of hydrogen-bond acceptors (Lipinski definition) is 4. The van der Waals surface area contributed by atoms with Gasteiger partial charge in [-0.2, -0.15) is 0 Å². The first-order valence-corrected chi connectivity index (χ1v) is 12.4. The maximum atomic E-state index is 12.8. The van der Waals surface area contributed by atoms with Crippen molar-refractivity contribution in [3.05, 3.63) is 61.5 Å². The third-order valence-corrected chi connectivity index (χ3v) is 7.83.